The van der Waals surface area contributed by atoms with E-state index in [1.807, 2.05) is 65.6 Å². The van der Waals surface area contributed by atoms with E-state index in [1.54, 1.807) is 17.8 Å². The number of benzene rings is 3. The van der Waals surface area contributed by atoms with E-state index in [9.17, 15) is 9.18 Å². The van der Waals surface area contributed by atoms with Crippen molar-refractivity contribution < 1.29 is 13.9 Å². The standard InChI is InChI=1S/C25H22FNO2S/c26-20-10-4-1-7-17(20)23-13-14-27(15-16-30-23)25(28)24-18-8-2-5-11-21(18)29-22-12-6-3-9-19(22)24/h1-12,23-24H,13-16H2. The van der Waals surface area contributed by atoms with Crippen LogP contribution in [0.4, 0.5) is 4.39 Å². The number of carbonyl (C=O) groups excluding carboxylic acids is 1. The average molecular weight is 420 g/mol. The number of ether oxygens (including phenoxy) is 1. The Balaban J connectivity index is 1.42. The lowest BCUT2D eigenvalue weighted by Crippen LogP contribution is -2.38. The zero-order valence-electron chi connectivity index (χ0n) is 16.5. The number of fused-ring (bicyclic) bond motifs is 2. The Morgan fingerprint density at radius 1 is 0.867 bits per heavy atom. The second-order valence-corrected chi connectivity index (χ2v) is 8.92. The van der Waals surface area contributed by atoms with Crippen LogP contribution < -0.4 is 4.74 Å². The summed E-state index contributed by atoms with van der Waals surface area (Å²) < 4.78 is 20.3. The zero-order valence-corrected chi connectivity index (χ0v) is 17.3. The van der Waals surface area contributed by atoms with Crippen LogP contribution in [-0.4, -0.2) is 29.6 Å². The van der Waals surface area contributed by atoms with Gasteiger partial charge in [-0.1, -0.05) is 54.6 Å². The molecule has 0 saturated carbocycles. The van der Waals surface area contributed by atoms with Crippen molar-refractivity contribution in [3.63, 3.8) is 0 Å². The summed E-state index contributed by atoms with van der Waals surface area (Å²) in [7, 11) is 0. The van der Waals surface area contributed by atoms with E-state index >= 15 is 0 Å². The highest BCUT2D eigenvalue weighted by Crippen LogP contribution is 2.45. The predicted octanol–water partition coefficient (Wildman–Crippen LogP) is 5.77. The Bertz CT molecular complexity index is 1040. The number of carbonyl (C=O) groups is 1. The van der Waals surface area contributed by atoms with Crippen LogP contribution in [0.15, 0.2) is 72.8 Å². The third-order valence-electron chi connectivity index (χ3n) is 5.83. The summed E-state index contributed by atoms with van der Waals surface area (Å²) in [6.45, 7) is 1.28. The molecular formula is C25H22FNO2S. The normalized spacial score (nSPS) is 18.7. The molecule has 5 heteroatoms. The molecule has 0 spiro atoms. The summed E-state index contributed by atoms with van der Waals surface area (Å²) in [4.78, 5) is 15.7. The van der Waals surface area contributed by atoms with Gasteiger partial charge in [0, 0.05) is 40.8 Å². The van der Waals surface area contributed by atoms with E-state index in [4.69, 9.17) is 4.74 Å². The van der Waals surface area contributed by atoms with Crippen molar-refractivity contribution in [3.05, 3.63) is 95.3 Å². The minimum absolute atomic E-state index is 0.0678. The molecule has 0 aromatic heterocycles. The first-order valence-corrected chi connectivity index (χ1v) is 11.3. The molecule has 0 N–H and O–H groups in total. The summed E-state index contributed by atoms with van der Waals surface area (Å²) >= 11 is 1.73. The summed E-state index contributed by atoms with van der Waals surface area (Å²) in [5, 5.41) is 0.0678. The van der Waals surface area contributed by atoms with Crippen molar-refractivity contribution in [2.45, 2.75) is 17.6 Å². The minimum atomic E-state index is -0.374. The molecule has 2 aliphatic rings. The smallest absolute Gasteiger partial charge is 0.234 e. The highest BCUT2D eigenvalue weighted by atomic mass is 32.2. The first-order chi connectivity index (χ1) is 14.7. The number of hydrogen-bond donors (Lipinski definition) is 0. The Kier molecular flexibility index (Phi) is 5.21. The van der Waals surface area contributed by atoms with Crippen molar-refractivity contribution in [2.24, 2.45) is 0 Å². The maximum Gasteiger partial charge on any atom is 0.234 e. The van der Waals surface area contributed by atoms with Crippen molar-refractivity contribution in [1.29, 1.82) is 0 Å². The van der Waals surface area contributed by atoms with Crippen LogP contribution in [-0.2, 0) is 4.79 Å². The van der Waals surface area contributed by atoms with Gasteiger partial charge in [-0.05, 0) is 24.6 Å². The molecule has 3 aromatic rings. The third kappa shape index (κ3) is 3.47. The second kappa shape index (κ2) is 8.15. The van der Waals surface area contributed by atoms with E-state index in [1.165, 1.54) is 6.07 Å². The summed E-state index contributed by atoms with van der Waals surface area (Å²) in [5.41, 5.74) is 2.55. The molecule has 0 bridgehead atoms. The highest BCUT2D eigenvalue weighted by Gasteiger charge is 2.36. The topological polar surface area (TPSA) is 29.5 Å². The molecule has 3 nitrogen and oxygen atoms in total. The molecule has 1 atom stereocenters. The van der Waals surface area contributed by atoms with Gasteiger partial charge in [-0.3, -0.25) is 4.79 Å². The Morgan fingerprint density at radius 3 is 2.13 bits per heavy atom. The quantitative estimate of drug-likeness (QED) is 0.528. The molecule has 5 rings (SSSR count). The van der Waals surface area contributed by atoms with Crippen LogP contribution in [0.5, 0.6) is 11.5 Å². The van der Waals surface area contributed by atoms with Crippen LogP contribution in [0.2, 0.25) is 0 Å². The summed E-state index contributed by atoms with van der Waals surface area (Å²) in [5.74, 6) is 1.82. The molecule has 3 aromatic carbocycles. The number of para-hydroxylation sites is 2. The van der Waals surface area contributed by atoms with Gasteiger partial charge in [0.05, 0.1) is 5.92 Å². The number of halogens is 1. The first kappa shape index (κ1) is 19.2. The summed E-state index contributed by atoms with van der Waals surface area (Å²) in [6, 6.07) is 22.5. The van der Waals surface area contributed by atoms with Crippen LogP contribution in [0, 0.1) is 5.82 Å². The van der Waals surface area contributed by atoms with Crippen molar-refractivity contribution in [2.75, 3.05) is 18.8 Å². The Morgan fingerprint density at radius 2 is 1.47 bits per heavy atom. The Labute approximate surface area is 179 Å². The molecule has 2 heterocycles. The van der Waals surface area contributed by atoms with E-state index in [0.717, 1.165) is 40.4 Å². The molecule has 2 aliphatic heterocycles. The van der Waals surface area contributed by atoms with Crippen LogP contribution >= 0.6 is 11.8 Å². The van der Waals surface area contributed by atoms with E-state index in [2.05, 4.69) is 0 Å². The zero-order chi connectivity index (χ0) is 20.5. The fraction of sp³-hybridized carbons (Fsp3) is 0.240. The highest BCUT2D eigenvalue weighted by molar-refractivity contribution is 7.99. The third-order valence-corrected chi connectivity index (χ3v) is 7.14. The number of amides is 1. The number of hydrogen-bond acceptors (Lipinski definition) is 3. The molecule has 1 unspecified atom stereocenters. The first-order valence-electron chi connectivity index (χ1n) is 10.2. The average Bonchev–Trinajstić information content (AvgIpc) is 3.03. The Hall–Kier alpha value is -2.79. The van der Waals surface area contributed by atoms with Crippen molar-refractivity contribution in [3.8, 4) is 11.5 Å². The van der Waals surface area contributed by atoms with Gasteiger partial charge in [0.25, 0.3) is 0 Å². The largest absolute Gasteiger partial charge is 0.457 e. The number of rotatable bonds is 2. The molecular weight excluding hydrogens is 397 g/mol. The van der Waals surface area contributed by atoms with Crippen LogP contribution in [0.3, 0.4) is 0 Å². The van der Waals surface area contributed by atoms with Gasteiger partial charge >= 0.3 is 0 Å². The lowest BCUT2D eigenvalue weighted by Gasteiger charge is -2.31. The fourth-order valence-electron chi connectivity index (χ4n) is 4.33. The van der Waals surface area contributed by atoms with Crippen LogP contribution in [0.25, 0.3) is 0 Å². The van der Waals surface area contributed by atoms with Crippen molar-refractivity contribution in [1.82, 2.24) is 4.90 Å². The van der Waals surface area contributed by atoms with Gasteiger partial charge in [0.15, 0.2) is 0 Å². The van der Waals surface area contributed by atoms with Crippen LogP contribution in [0.1, 0.15) is 34.3 Å². The van der Waals surface area contributed by atoms with Crippen molar-refractivity contribution >= 4 is 17.7 Å². The molecule has 0 aliphatic carbocycles. The van der Waals surface area contributed by atoms with E-state index in [0.29, 0.717) is 13.1 Å². The molecule has 1 amide bonds. The monoisotopic (exact) mass is 419 g/mol. The molecule has 1 saturated heterocycles. The maximum absolute atomic E-state index is 14.3. The maximum atomic E-state index is 14.3. The fourth-order valence-corrected chi connectivity index (χ4v) is 5.59. The van der Waals surface area contributed by atoms with Gasteiger partial charge in [0.2, 0.25) is 5.91 Å². The van der Waals surface area contributed by atoms with Gasteiger partial charge < -0.3 is 9.64 Å². The lowest BCUT2D eigenvalue weighted by molar-refractivity contribution is -0.131. The van der Waals surface area contributed by atoms with Gasteiger partial charge in [-0.15, -0.1) is 0 Å². The SMILES string of the molecule is O=C(C1c2ccccc2Oc2ccccc21)N1CCSC(c2ccccc2F)CC1. The minimum Gasteiger partial charge on any atom is -0.457 e. The lowest BCUT2D eigenvalue weighted by atomic mass is 9.86. The molecule has 1 fully saturated rings. The van der Waals surface area contributed by atoms with E-state index in [-0.39, 0.29) is 22.9 Å². The molecule has 152 valence electrons. The molecule has 30 heavy (non-hydrogen) atoms. The second-order valence-electron chi connectivity index (χ2n) is 7.61. The summed E-state index contributed by atoms with van der Waals surface area (Å²) in [6.07, 6.45) is 0.740. The predicted molar refractivity (Wildman–Crippen MR) is 118 cm³/mol. The molecule has 0 radical (unpaired) electrons. The number of thioether (sulfide) groups is 1. The van der Waals surface area contributed by atoms with Gasteiger partial charge in [-0.2, -0.15) is 11.8 Å². The van der Waals surface area contributed by atoms with Gasteiger partial charge in [-0.25, -0.2) is 4.39 Å². The number of nitrogens with zero attached hydrogens (tertiary/aromatic N) is 1. The van der Waals surface area contributed by atoms with Gasteiger partial charge in [0.1, 0.15) is 17.3 Å². The van der Waals surface area contributed by atoms with E-state index < -0.39 is 0 Å².